The first kappa shape index (κ1) is 25.3. The predicted molar refractivity (Wildman–Crippen MR) is 135 cm³/mol. The van der Waals surface area contributed by atoms with Crippen molar-refractivity contribution in [1.29, 1.82) is 0 Å². The average molecular weight is 542 g/mol. The predicted octanol–water partition coefficient (Wildman–Crippen LogP) is 3.86. The molecule has 0 radical (unpaired) electrons. The van der Waals surface area contributed by atoms with Crippen LogP contribution in [0.15, 0.2) is 36.9 Å². The molecule has 5 heterocycles. The zero-order valence-corrected chi connectivity index (χ0v) is 21.0. The number of amides is 1. The van der Waals surface area contributed by atoms with E-state index in [4.69, 9.17) is 14.5 Å². The van der Waals surface area contributed by atoms with Crippen LogP contribution in [-0.2, 0) is 9.47 Å². The topological polar surface area (TPSA) is 108 Å². The van der Waals surface area contributed by atoms with E-state index in [0.29, 0.717) is 37.8 Å². The van der Waals surface area contributed by atoms with Crippen molar-refractivity contribution in [3.63, 3.8) is 0 Å². The van der Waals surface area contributed by atoms with Gasteiger partial charge in [-0.05, 0) is 25.0 Å². The van der Waals surface area contributed by atoms with Gasteiger partial charge in [0.1, 0.15) is 11.6 Å². The van der Waals surface area contributed by atoms with Crippen LogP contribution in [-0.4, -0.2) is 69.8 Å². The Labute approximate surface area is 221 Å². The van der Waals surface area contributed by atoms with Crippen molar-refractivity contribution in [2.75, 3.05) is 38.8 Å². The Morgan fingerprint density at radius 3 is 2.59 bits per heavy atom. The van der Waals surface area contributed by atoms with Gasteiger partial charge in [0.25, 0.3) is 12.3 Å². The summed E-state index contributed by atoms with van der Waals surface area (Å²) in [5.41, 5.74) is 0.772. The van der Waals surface area contributed by atoms with Crippen molar-refractivity contribution in [3.8, 4) is 22.3 Å². The summed E-state index contributed by atoms with van der Waals surface area (Å²) in [5.74, 6) is -1.24. The number of aromatic nitrogens is 5. The lowest BCUT2D eigenvalue weighted by atomic mass is 10.00. The van der Waals surface area contributed by atoms with Crippen molar-refractivity contribution >= 4 is 17.4 Å². The summed E-state index contributed by atoms with van der Waals surface area (Å²) < 4.78 is 57.1. The molecular formula is C26H26F3N7O3. The highest BCUT2D eigenvalue weighted by Gasteiger charge is 2.26. The summed E-state index contributed by atoms with van der Waals surface area (Å²) in [7, 11) is 1.37. The van der Waals surface area contributed by atoms with E-state index >= 15 is 4.39 Å². The van der Waals surface area contributed by atoms with Crippen molar-refractivity contribution in [3.05, 3.63) is 53.9 Å². The molecule has 4 aromatic rings. The first-order valence-corrected chi connectivity index (χ1v) is 12.6. The molecule has 6 rings (SSSR count). The van der Waals surface area contributed by atoms with Crippen LogP contribution < -0.4 is 10.6 Å². The summed E-state index contributed by atoms with van der Waals surface area (Å²) in [6.07, 6.45) is 5.29. The second-order valence-electron chi connectivity index (χ2n) is 9.57. The van der Waals surface area contributed by atoms with Gasteiger partial charge in [0.2, 0.25) is 0 Å². The fraction of sp³-hybridized carbons (Fsp3) is 0.385. The summed E-state index contributed by atoms with van der Waals surface area (Å²) in [6, 6.07) is 2.24. The molecule has 10 nitrogen and oxygen atoms in total. The monoisotopic (exact) mass is 541 g/mol. The zero-order valence-electron chi connectivity index (χ0n) is 21.0. The van der Waals surface area contributed by atoms with E-state index in [1.807, 2.05) is 10.9 Å². The number of ether oxygens (including phenoxy) is 2. The highest BCUT2D eigenvalue weighted by atomic mass is 19.3. The number of hydrogen-bond acceptors (Lipinski definition) is 7. The van der Waals surface area contributed by atoms with Gasteiger partial charge in [-0.1, -0.05) is 0 Å². The Kier molecular flexibility index (Phi) is 6.69. The fourth-order valence-electron chi connectivity index (χ4n) is 4.95. The number of rotatable bonds is 7. The number of carbonyl (C=O) groups excluding carboxylic acids is 1. The average Bonchev–Trinajstić information content (AvgIpc) is 3.75. The molecule has 1 unspecified atom stereocenters. The third-order valence-electron chi connectivity index (χ3n) is 7.07. The van der Waals surface area contributed by atoms with Crippen molar-refractivity contribution in [1.82, 2.24) is 29.7 Å². The first-order chi connectivity index (χ1) is 18.9. The maximum Gasteiger partial charge on any atom is 0.266 e. The number of alkyl halides is 2. The number of carbonyl (C=O) groups is 1. The maximum atomic E-state index is 15.4. The highest BCUT2D eigenvalue weighted by Crippen LogP contribution is 2.36. The van der Waals surface area contributed by atoms with Crippen LogP contribution in [0.2, 0.25) is 0 Å². The van der Waals surface area contributed by atoms with Gasteiger partial charge in [-0.25, -0.2) is 22.7 Å². The van der Waals surface area contributed by atoms with E-state index in [2.05, 4.69) is 20.8 Å². The molecule has 2 atom stereocenters. The largest absolute Gasteiger partial charge is 0.379 e. The zero-order chi connectivity index (χ0) is 27.1. The Hall–Kier alpha value is -3.97. The van der Waals surface area contributed by atoms with Crippen LogP contribution >= 0.6 is 0 Å². The summed E-state index contributed by atoms with van der Waals surface area (Å²) >= 11 is 0. The van der Waals surface area contributed by atoms with Gasteiger partial charge in [0, 0.05) is 60.5 Å². The molecular weight excluding hydrogens is 515 g/mol. The minimum atomic E-state index is -3.11. The summed E-state index contributed by atoms with van der Waals surface area (Å²) in [4.78, 5) is 17.1. The third kappa shape index (κ3) is 4.72. The molecule has 2 aliphatic rings. The van der Waals surface area contributed by atoms with E-state index in [0.717, 1.165) is 24.5 Å². The summed E-state index contributed by atoms with van der Waals surface area (Å²) in [6.45, 7) is 2.38. The smallest absolute Gasteiger partial charge is 0.266 e. The van der Waals surface area contributed by atoms with E-state index < -0.39 is 23.7 Å². The Balaban J connectivity index is 1.49. The second-order valence-corrected chi connectivity index (χ2v) is 9.57. The molecule has 39 heavy (non-hydrogen) atoms. The van der Waals surface area contributed by atoms with Crippen LogP contribution in [0.25, 0.3) is 27.9 Å². The van der Waals surface area contributed by atoms with E-state index in [1.54, 1.807) is 12.4 Å². The van der Waals surface area contributed by atoms with Gasteiger partial charge < -0.3 is 20.1 Å². The number of anilines is 1. The van der Waals surface area contributed by atoms with Gasteiger partial charge in [-0.3, -0.25) is 9.48 Å². The standard InChI is InChI=1S/C26H26F3N7O3/c1-30-26(37)14-6-18(22(27)19(7-14)23(28)29)20-9-32-36-11-21(15-8-31-35(10-15)17-3-5-39-13-17)24(34-25(20)36)33-16-2-4-38-12-16/h6-11,16-17,23H,2-5,12-13H2,1H3,(H,30,37)(H,33,34)/t16-,17?/m0/s1. The molecule has 2 fully saturated rings. The van der Waals surface area contributed by atoms with Gasteiger partial charge in [-0.2, -0.15) is 10.2 Å². The highest BCUT2D eigenvalue weighted by molar-refractivity contribution is 5.96. The Morgan fingerprint density at radius 1 is 1.05 bits per heavy atom. The van der Waals surface area contributed by atoms with Gasteiger partial charge in [0.05, 0.1) is 43.3 Å². The lowest BCUT2D eigenvalue weighted by Gasteiger charge is -2.16. The molecule has 3 aromatic heterocycles. The van der Waals surface area contributed by atoms with Crippen LogP contribution in [0.3, 0.4) is 0 Å². The van der Waals surface area contributed by atoms with Gasteiger partial charge >= 0.3 is 0 Å². The molecule has 1 amide bonds. The maximum absolute atomic E-state index is 15.4. The van der Waals surface area contributed by atoms with Crippen molar-refractivity contribution in [2.45, 2.75) is 31.4 Å². The quantitative estimate of drug-likeness (QED) is 0.366. The first-order valence-electron chi connectivity index (χ1n) is 12.6. The van der Waals surface area contributed by atoms with Crippen LogP contribution in [0.4, 0.5) is 19.0 Å². The van der Waals surface area contributed by atoms with E-state index in [1.165, 1.54) is 23.8 Å². The van der Waals surface area contributed by atoms with Crippen LogP contribution in [0, 0.1) is 5.82 Å². The number of nitrogens with zero attached hydrogens (tertiary/aromatic N) is 5. The van der Waals surface area contributed by atoms with E-state index in [-0.39, 0.29) is 34.4 Å². The molecule has 0 spiro atoms. The minimum Gasteiger partial charge on any atom is -0.379 e. The van der Waals surface area contributed by atoms with Gasteiger partial charge in [-0.15, -0.1) is 0 Å². The van der Waals surface area contributed by atoms with Crippen molar-refractivity contribution in [2.24, 2.45) is 0 Å². The number of nitrogens with one attached hydrogen (secondary N) is 2. The normalized spacial score (nSPS) is 19.3. The molecule has 13 heteroatoms. The molecule has 2 aliphatic heterocycles. The molecule has 0 aliphatic carbocycles. The Morgan fingerprint density at radius 2 is 1.87 bits per heavy atom. The number of halogens is 3. The molecule has 204 valence electrons. The molecule has 2 N–H and O–H groups in total. The minimum absolute atomic E-state index is 0.00194. The molecule has 0 saturated carbocycles. The molecule has 2 saturated heterocycles. The SMILES string of the molecule is CNC(=O)c1cc(-c2cnn3cc(-c4cnn(C5CCOC5)c4)c(N[C@H]4CCOC4)nc23)c(F)c(C(F)F)c1. The third-order valence-corrected chi connectivity index (χ3v) is 7.07. The van der Waals surface area contributed by atoms with Gasteiger partial charge in [0.15, 0.2) is 5.65 Å². The lowest BCUT2D eigenvalue weighted by molar-refractivity contribution is 0.0962. The lowest BCUT2D eigenvalue weighted by Crippen LogP contribution is -2.20. The van der Waals surface area contributed by atoms with E-state index in [9.17, 15) is 13.6 Å². The number of benzene rings is 1. The number of fused-ring (bicyclic) bond motifs is 1. The Bertz CT molecular complexity index is 1520. The second kappa shape index (κ2) is 10.3. The summed E-state index contributed by atoms with van der Waals surface area (Å²) in [5, 5.41) is 14.7. The molecule has 1 aromatic carbocycles. The van der Waals surface area contributed by atoms with Crippen molar-refractivity contribution < 1.29 is 27.4 Å². The van der Waals surface area contributed by atoms with Crippen LogP contribution in [0.5, 0.6) is 0 Å². The van der Waals surface area contributed by atoms with Crippen LogP contribution in [0.1, 0.15) is 41.2 Å². The number of hydrogen-bond donors (Lipinski definition) is 2. The fourth-order valence-corrected chi connectivity index (χ4v) is 4.95. The molecule has 0 bridgehead atoms.